The van der Waals surface area contributed by atoms with Gasteiger partial charge in [-0.1, -0.05) is 50.2 Å². The number of aromatic hydroxyl groups is 1. The second-order valence-corrected chi connectivity index (χ2v) is 9.50. The minimum Gasteiger partial charge on any atom is -0.508 e. The van der Waals surface area contributed by atoms with Crippen LogP contribution in [0.4, 0.5) is 10.5 Å². The molecule has 2 saturated heterocycles. The number of nitrogens with one attached hydrogen (secondary N) is 2. The van der Waals surface area contributed by atoms with Crippen molar-refractivity contribution in [3.8, 4) is 5.75 Å². The van der Waals surface area contributed by atoms with Crippen molar-refractivity contribution >= 4 is 29.5 Å². The molecule has 196 valence electrons. The minimum atomic E-state index is -1.80. The van der Waals surface area contributed by atoms with Gasteiger partial charge >= 0.3 is 12.0 Å². The number of para-hydroxylation sites is 2. The lowest BCUT2D eigenvalue weighted by molar-refractivity contribution is -0.149. The molecule has 2 heterocycles. The van der Waals surface area contributed by atoms with Crippen LogP contribution in [0.3, 0.4) is 0 Å². The maximum atomic E-state index is 14.1. The Kier molecular flexibility index (Phi) is 7.22. The van der Waals surface area contributed by atoms with Gasteiger partial charge in [0.1, 0.15) is 11.3 Å². The molecule has 2 aromatic rings. The molecule has 0 aliphatic carbocycles. The molecule has 4 rings (SSSR count). The molecule has 6 N–H and O–H groups in total. The third kappa shape index (κ3) is 4.31. The van der Waals surface area contributed by atoms with E-state index in [9.17, 15) is 29.4 Å². The lowest BCUT2D eigenvalue weighted by Gasteiger charge is -2.32. The second kappa shape index (κ2) is 10.2. The number of nitrogens with zero attached hydrogens (tertiary/aromatic N) is 1. The third-order valence-corrected chi connectivity index (χ3v) is 7.54. The summed E-state index contributed by atoms with van der Waals surface area (Å²) in [5.74, 6) is -4.72. The normalized spacial score (nSPS) is 24.8. The Labute approximate surface area is 214 Å². The molecular formula is C27H32N4O6. The van der Waals surface area contributed by atoms with E-state index in [0.717, 1.165) is 11.1 Å². The van der Waals surface area contributed by atoms with Gasteiger partial charge in [0, 0.05) is 18.2 Å². The quantitative estimate of drug-likeness (QED) is 0.256. The number of carboxylic acids is 1. The average molecular weight is 509 g/mol. The number of nitrogens with two attached hydrogens (primary N) is 1. The number of aliphatic carboxylic acids is 1. The number of carbonyl (C=O) groups is 4. The summed E-state index contributed by atoms with van der Waals surface area (Å²) < 4.78 is 0. The van der Waals surface area contributed by atoms with Gasteiger partial charge in [-0.2, -0.15) is 0 Å². The molecular weight excluding hydrogens is 476 g/mol. The molecule has 0 aromatic heterocycles. The first-order valence-corrected chi connectivity index (χ1v) is 12.5. The summed E-state index contributed by atoms with van der Waals surface area (Å²) in [6, 6.07) is 10.4. The predicted molar refractivity (Wildman–Crippen MR) is 136 cm³/mol. The molecule has 0 bridgehead atoms. The van der Waals surface area contributed by atoms with E-state index < -0.39 is 47.2 Å². The predicted octanol–water partition coefficient (Wildman–Crippen LogP) is 2.24. The molecule has 2 aliphatic heterocycles. The second-order valence-electron chi connectivity index (χ2n) is 9.50. The van der Waals surface area contributed by atoms with E-state index in [4.69, 9.17) is 5.73 Å². The van der Waals surface area contributed by atoms with Gasteiger partial charge in [-0.25, -0.2) is 9.69 Å². The Hall–Kier alpha value is -3.92. The van der Waals surface area contributed by atoms with Gasteiger partial charge in [0.2, 0.25) is 11.8 Å². The van der Waals surface area contributed by atoms with Gasteiger partial charge in [0.25, 0.3) is 0 Å². The smallest absolute Gasteiger partial charge is 0.324 e. The molecule has 4 unspecified atom stereocenters. The van der Waals surface area contributed by atoms with E-state index in [1.807, 2.05) is 32.0 Å². The van der Waals surface area contributed by atoms with E-state index >= 15 is 0 Å². The van der Waals surface area contributed by atoms with E-state index in [1.165, 1.54) is 11.0 Å². The highest BCUT2D eigenvalue weighted by atomic mass is 16.4. The number of anilines is 1. The fourth-order valence-electron chi connectivity index (χ4n) is 5.85. The van der Waals surface area contributed by atoms with Crippen LogP contribution in [0.2, 0.25) is 0 Å². The number of primary amides is 1. The van der Waals surface area contributed by atoms with Crippen LogP contribution < -0.4 is 21.3 Å². The Morgan fingerprint density at radius 1 is 1.05 bits per heavy atom. The summed E-state index contributed by atoms with van der Waals surface area (Å²) in [7, 11) is 0. The van der Waals surface area contributed by atoms with Crippen LogP contribution in [-0.2, 0) is 27.2 Å². The molecule has 2 fully saturated rings. The highest BCUT2D eigenvalue weighted by Gasteiger charge is 2.68. The van der Waals surface area contributed by atoms with Crippen molar-refractivity contribution in [3.63, 3.8) is 0 Å². The van der Waals surface area contributed by atoms with Gasteiger partial charge in [0.05, 0.1) is 17.5 Å². The van der Waals surface area contributed by atoms with Gasteiger partial charge in [-0.05, 0) is 42.9 Å². The zero-order chi connectivity index (χ0) is 26.9. The first-order chi connectivity index (χ1) is 17.7. The summed E-state index contributed by atoms with van der Waals surface area (Å²) in [5.41, 5.74) is 5.84. The molecule has 2 aromatic carbocycles. The van der Waals surface area contributed by atoms with Crippen LogP contribution in [0, 0.1) is 11.8 Å². The van der Waals surface area contributed by atoms with Crippen molar-refractivity contribution in [2.45, 2.75) is 51.1 Å². The van der Waals surface area contributed by atoms with Crippen LogP contribution in [-0.4, -0.2) is 46.1 Å². The average Bonchev–Trinajstić information content (AvgIpc) is 3.35. The number of phenolic OH excluding ortho intramolecular Hbond substituents is 1. The lowest BCUT2D eigenvalue weighted by Crippen LogP contribution is -2.56. The number of fused-ring (bicyclic) bond motifs is 1. The third-order valence-electron chi connectivity index (χ3n) is 7.54. The number of phenols is 1. The number of hydrogen-bond acceptors (Lipinski definition) is 6. The number of rotatable bonds is 9. The van der Waals surface area contributed by atoms with Crippen molar-refractivity contribution in [2.24, 2.45) is 17.6 Å². The lowest BCUT2D eigenvalue weighted by atomic mass is 9.77. The summed E-state index contributed by atoms with van der Waals surface area (Å²) in [5, 5.41) is 26.6. The van der Waals surface area contributed by atoms with Gasteiger partial charge in [-0.3, -0.25) is 19.7 Å². The first-order valence-electron chi connectivity index (χ1n) is 12.5. The Bertz CT molecular complexity index is 1220. The maximum absolute atomic E-state index is 14.1. The molecule has 2 aliphatic rings. The van der Waals surface area contributed by atoms with Crippen molar-refractivity contribution in [3.05, 3.63) is 59.2 Å². The maximum Gasteiger partial charge on any atom is 0.324 e. The van der Waals surface area contributed by atoms with Crippen molar-refractivity contribution in [1.82, 2.24) is 10.6 Å². The fraction of sp³-hybridized carbons (Fsp3) is 0.407. The van der Waals surface area contributed by atoms with Crippen molar-refractivity contribution < 1.29 is 29.4 Å². The molecule has 0 radical (unpaired) electrons. The number of amides is 4. The van der Waals surface area contributed by atoms with Crippen LogP contribution >= 0.6 is 0 Å². The Morgan fingerprint density at radius 2 is 1.70 bits per heavy atom. The number of hydrogen-bond donors (Lipinski definition) is 5. The number of aryl methyl sites for hydroxylation is 2. The molecule has 10 heteroatoms. The monoisotopic (exact) mass is 508 g/mol. The van der Waals surface area contributed by atoms with Crippen LogP contribution in [0.15, 0.2) is 42.5 Å². The van der Waals surface area contributed by atoms with Crippen LogP contribution in [0.25, 0.3) is 0 Å². The molecule has 37 heavy (non-hydrogen) atoms. The highest BCUT2D eigenvalue weighted by molar-refractivity contribution is 6.25. The summed E-state index contributed by atoms with van der Waals surface area (Å²) in [6.07, 6.45) is 1.32. The fourth-order valence-corrected chi connectivity index (χ4v) is 5.85. The van der Waals surface area contributed by atoms with E-state index in [1.54, 1.807) is 18.2 Å². The zero-order valence-electron chi connectivity index (χ0n) is 20.9. The number of benzene rings is 2. The summed E-state index contributed by atoms with van der Waals surface area (Å²) >= 11 is 0. The largest absolute Gasteiger partial charge is 0.508 e. The van der Waals surface area contributed by atoms with Gasteiger partial charge in [0.15, 0.2) is 0 Å². The SMILES string of the molecule is CCc1cccc(CC)c1N1C(=O)C2C(c3ccccc3O)NC(CCCNC(N)=O)(C(=O)O)C2C1=O. The number of imide groups is 1. The summed E-state index contributed by atoms with van der Waals surface area (Å²) in [6.45, 7) is 3.97. The topological polar surface area (TPSA) is 162 Å². The minimum absolute atomic E-state index is 0.0448. The molecule has 0 spiro atoms. The standard InChI is InChI=1S/C27H32N4O6/c1-3-15-9-7-10-16(4-2)22(15)31-23(33)19-20(24(31)34)27(25(35)36,13-8-14-29-26(28)37)30-21(19)17-11-5-6-12-18(17)32/h5-7,9-12,19-21,30,32H,3-4,8,13-14H2,1-2H3,(H,35,36)(H3,28,29,37). The van der Waals surface area contributed by atoms with Crippen LogP contribution in [0.1, 0.15) is 49.4 Å². The molecule has 10 nitrogen and oxygen atoms in total. The number of carboxylic acid groups (broad SMARTS) is 1. The van der Waals surface area contributed by atoms with Gasteiger partial charge in [-0.15, -0.1) is 0 Å². The number of carbonyl (C=O) groups excluding carboxylic acids is 3. The Balaban J connectivity index is 1.86. The zero-order valence-corrected chi connectivity index (χ0v) is 20.9. The van der Waals surface area contributed by atoms with E-state index in [-0.39, 0.29) is 25.1 Å². The molecule has 0 saturated carbocycles. The van der Waals surface area contributed by atoms with Crippen LogP contribution in [0.5, 0.6) is 5.75 Å². The highest BCUT2D eigenvalue weighted by Crippen LogP contribution is 2.53. The van der Waals surface area contributed by atoms with E-state index in [2.05, 4.69) is 10.6 Å². The van der Waals surface area contributed by atoms with Gasteiger partial charge < -0.3 is 21.3 Å². The molecule has 4 atom stereocenters. The van der Waals surface area contributed by atoms with Crippen molar-refractivity contribution in [1.29, 1.82) is 0 Å². The number of urea groups is 1. The summed E-state index contributed by atoms with van der Waals surface area (Å²) in [4.78, 5) is 53.4. The first kappa shape index (κ1) is 26.2. The van der Waals surface area contributed by atoms with Crippen molar-refractivity contribution in [2.75, 3.05) is 11.4 Å². The molecule has 4 amide bonds. The Morgan fingerprint density at radius 3 is 2.27 bits per heavy atom. The van der Waals surface area contributed by atoms with E-state index in [0.29, 0.717) is 24.1 Å².